The Balaban J connectivity index is 1.84. The second kappa shape index (κ2) is 5.63. The fraction of sp³-hybridized carbons (Fsp3) is 0.467. The molecule has 0 amide bonds. The third-order valence-corrected chi connectivity index (χ3v) is 3.99. The number of nitrogens with one attached hydrogen (secondary N) is 2. The van der Waals surface area contributed by atoms with E-state index in [1.807, 2.05) is 24.3 Å². The van der Waals surface area contributed by atoms with Crippen molar-refractivity contribution in [3.63, 3.8) is 0 Å². The summed E-state index contributed by atoms with van der Waals surface area (Å²) in [6, 6.07) is 7.48. The summed E-state index contributed by atoms with van der Waals surface area (Å²) in [4.78, 5) is 16.8. The topological polar surface area (TPSA) is 59.0 Å². The number of rotatable bonds is 3. The highest BCUT2D eigenvalue weighted by Crippen LogP contribution is 2.14. The molecule has 3 rings (SSSR count). The van der Waals surface area contributed by atoms with Crippen molar-refractivity contribution in [2.75, 3.05) is 25.0 Å². The molecule has 1 saturated heterocycles. The van der Waals surface area contributed by atoms with Gasteiger partial charge in [-0.2, -0.15) is 0 Å². The summed E-state index contributed by atoms with van der Waals surface area (Å²) in [6.45, 7) is 3.03. The summed E-state index contributed by atoms with van der Waals surface area (Å²) in [5.74, 6) is 1.31. The predicted octanol–water partition coefficient (Wildman–Crippen LogP) is 1.34. The highest BCUT2D eigenvalue weighted by molar-refractivity contribution is 5.78. The van der Waals surface area contributed by atoms with E-state index >= 15 is 0 Å². The predicted molar refractivity (Wildman–Crippen MR) is 81.1 cm³/mol. The number of hydrogen-bond acceptors (Lipinski definition) is 4. The highest BCUT2D eigenvalue weighted by atomic mass is 16.1. The number of aromatic nitrogens is 2. The Morgan fingerprint density at radius 1 is 1.35 bits per heavy atom. The largest absolute Gasteiger partial charge is 0.355 e. The van der Waals surface area contributed by atoms with E-state index in [9.17, 15) is 4.79 Å². The molecule has 0 atom stereocenters. The van der Waals surface area contributed by atoms with E-state index in [0.29, 0.717) is 17.3 Å². The van der Waals surface area contributed by atoms with Gasteiger partial charge < -0.3 is 10.6 Å². The molecule has 1 fully saturated rings. The molecule has 2 heterocycles. The summed E-state index contributed by atoms with van der Waals surface area (Å²) in [7, 11) is 1.77. The van der Waals surface area contributed by atoms with Crippen molar-refractivity contribution in [1.82, 2.24) is 14.9 Å². The Bertz CT molecular complexity index is 658. The maximum absolute atomic E-state index is 12.3. The summed E-state index contributed by atoms with van der Waals surface area (Å²) < 4.78 is 1.60. The molecule has 0 bridgehead atoms. The van der Waals surface area contributed by atoms with Gasteiger partial charge in [-0.05, 0) is 44.0 Å². The van der Waals surface area contributed by atoms with Crippen molar-refractivity contribution < 1.29 is 0 Å². The van der Waals surface area contributed by atoms with Crippen LogP contribution >= 0.6 is 0 Å². The third-order valence-electron chi connectivity index (χ3n) is 3.99. The van der Waals surface area contributed by atoms with E-state index in [-0.39, 0.29) is 5.56 Å². The van der Waals surface area contributed by atoms with E-state index in [2.05, 4.69) is 15.6 Å². The Morgan fingerprint density at radius 2 is 2.10 bits per heavy atom. The first-order chi connectivity index (χ1) is 9.75. The quantitative estimate of drug-likeness (QED) is 0.885. The molecule has 0 unspecified atom stereocenters. The molecule has 1 aliphatic heterocycles. The van der Waals surface area contributed by atoms with E-state index < -0.39 is 0 Å². The molecule has 0 aliphatic carbocycles. The van der Waals surface area contributed by atoms with Gasteiger partial charge in [0.15, 0.2) is 0 Å². The van der Waals surface area contributed by atoms with Gasteiger partial charge in [-0.15, -0.1) is 0 Å². The minimum absolute atomic E-state index is 0.00316. The van der Waals surface area contributed by atoms with Gasteiger partial charge >= 0.3 is 0 Å². The van der Waals surface area contributed by atoms with Gasteiger partial charge in [0, 0.05) is 13.6 Å². The SMILES string of the molecule is Cn1c(NCC2CCNCC2)nc2ccccc2c1=O. The van der Waals surface area contributed by atoms with Crippen molar-refractivity contribution in [3.05, 3.63) is 34.6 Å². The molecule has 0 saturated carbocycles. The Morgan fingerprint density at radius 3 is 2.90 bits per heavy atom. The first kappa shape index (κ1) is 13.1. The number of benzene rings is 1. The van der Waals surface area contributed by atoms with Crippen molar-refractivity contribution in [2.24, 2.45) is 13.0 Å². The normalized spacial score (nSPS) is 16.4. The standard InChI is InChI=1S/C15H20N4O/c1-19-14(20)12-4-2-3-5-13(12)18-15(19)17-10-11-6-8-16-9-7-11/h2-5,11,16H,6-10H2,1H3,(H,17,18). The monoisotopic (exact) mass is 272 g/mol. The molecule has 0 spiro atoms. The van der Waals surface area contributed by atoms with Gasteiger partial charge in [-0.3, -0.25) is 9.36 Å². The average Bonchev–Trinajstić information content (AvgIpc) is 2.50. The van der Waals surface area contributed by atoms with Crippen LogP contribution in [0.4, 0.5) is 5.95 Å². The van der Waals surface area contributed by atoms with E-state index in [0.717, 1.165) is 25.2 Å². The number of piperidine rings is 1. The first-order valence-electron chi connectivity index (χ1n) is 7.16. The molecular weight excluding hydrogens is 252 g/mol. The zero-order chi connectivity index (χ0) is 13.9. The van der Waals surface area contributed by atoms with Gasteiger partial charge in [-0.25, -0.2) is 4.98 Å². The average molecular weight is 272 g/mol. The second-order valence-electron chi connectivity index (χ2n) is 5.39. The Labute approximate surface area is 118 Å². The molecule has 1 aromatic heterocycles. The van der Waals surface area contributed by atoms with Crippen LogP contribution in [0.1, 0.15) is 12.8 Å². The van der Waals surface area contributed by atoms with Crippen LogP contribution in [0.3, 0.4) is 0 Å². The highest BCUT2D eigenvalue weighted by Gasteiger charge is 2.14. The van der Waals surface area contributed by atoms with E-state index in [4.69, 9.17) is 0 Å². The zero-order valence-corrected chi connectivity index (χ0v) is 11.7. The minimum Gasteiger partial charge on any atom is -0.355 e. The third kappa shape index (κ3) is 2.54. The van der Waals surface area contributed by atoms with Crippen molar-refractivity contribution in [2.45, 2.75) is 12.8 Å². The van der Waals surface area contributed by atoms with Crippen LogP contribution in [0.25, 0.3) is 10.9 Å². The van der Waals surface area contributed by atoms with E-state index in [1.165, 1.54) is 12.8 Å². The number of nitrogens with zero attached hydrogens (tertiary/aromatic N) is 2. The molecule has 5 heteroatoms. The van der Waals surface area contributed by atoms with Crippen LogP contribution < -0.4 is 16.2 Å². The van der Waals surface area contributed by atoms with Crippen molar-refractivity contribution in [1.29, 1.82) is 0 Å². The maximum Gasteiger partial charge on any atom is 0.262 e. The molecular formula is C15H20N4O. The summed E-state index contributed by atoms with van der Waals surface area (Å²) >= 11 is 0. The van der Waals surface area contributed by atoms with Gasteiger partial charge in [0.25, 0.3) is 5.56 Å². The molecule has 1 aromatic carbocycles. The second-order valence-corrected chi connectivity index (χ2v) is 5.39. The zero-order valence-electron chi connectivity index (χ0n) is 11.7. The first-order valence-corrected chi connectivity index (χ1v) is 7.16. The van der Waals surface area contributed by atoms with Crippen molar-refractivity contribution >= 4 is 16.9 Å². The number of anilines is 1. The molecule has 1 aliphatic rings. The van der Waals surface area contributed by atoms with Crippen LogP contribution in [0.5, 0.6) is 0 Å². The summed E-state index contributed by atoms with van der Waals surface area (Å²) in [5, 5.41) is 7.37. The number of fused-ring (bicyclic) bond motifs is 1. The van der Waals surface area contributed by atoms with Crippen LogP contribution in [0.2, 0.25) is 0 Å². The molecule has 5 nitrogen and oxygen atoms in total. The molecule has 2 N–H and O–H groups in total. The van der Waals surface area contributed by atoms with Crippen LogP contribution in [0, 0.1) is 5.92 Å². The summed E-state index contributed by atoms with van der Waals surface area (Å²) in [5.41, 5.74) is 0.756. The minimum atomic E-state index is 0.00316. The van der Waals surface area contributed by atoms with Gasteiger partial charge in [0.1, 0.15) is 0 Å². The van der Waals surface area contributed by atoms with Gasteiger partial charge in [0.2, 0.25) is 5.95 Å². The Kier molecular flexibility index (Phi) is 3.69. The number of hydrogen-bond donors (Lipinski definition) is 2. The smallest absolute Gasteiger partial charge is 0.262 e. The lowest BCUT2D eigenvalue weighted by atomic mass is 9.98. The van der Waals surface area contributed by atoms with Crippen LogP contribution in [-0.4, -0.2) is 29.2 Å². The van der Waals surface area contributed by atoms with E-state index in [1.54, 1.807) is 11.6 Å². The van der Waals surface area contributed by atoms with Gasteiger partial charge in [-0.1, -0.05) is 12.1 Å². The van der Waals surface area contributed by atoms with Crippen molar-refractivity contribution in [3.8, 4) is 0 Å². The fourth-order valence-electron chi connectivity index (χ4n) is 2.70. The fourth-order valence-corrected chi connectivity index (χ4v) is 2.70. The molecule has 0 radical (unpaired) electrons. The maximum atomic E-state index is 12.3. The van der Waals surface area contributed by atoms with Crippen LogP contribution in [-0.2, 0) is 7.05 Å². The Hall–Kier alpha value is -1.88. The lowest BCUT2D eigenvalue weighted by molar-refractivity contribution is 0.389. The molecule has 106 valence electrons. The van der Waals surface area contributed by atoms with Crippen LogP contribution in [0.15, 0.2) is 29.1 Å². The summed E-state index contributed by atoms with van der Waals surface area (Å²) in [6.07, 6.45) is 2.35. The van der Waals surface area contributed by atoms with Gasteiger partial charge in [0.05, 0.1) is 10.9 Å². The molecule has 20 heavy (non-hydrogen) atoms. The molecule has 2 aromatic rings. The number of para-hydroxylation sites is 1. The lowest BCUT2D eigenvalue weighted by Gasteiger charge is -2.23. The lowest BCUT2D eigenvalue weighted by Crippen LogP contribution is -2.32.